The summed E-state index contributed by atoms with van der Waals surface area (Å²) in [4.78, 5) is 11.7. The highest BCUT2D eigenvalue weighted by molar-refractivity contribution is 7.99. The predicted octanol–water partition coefficient (Wildman–Crippen LogP) is 3.72. The summed E-state index contributed by atoms with van der Waals surface area (Å²) in [5.41, 5.74) is 0.582. The van der Waals surface area contributed by atoms with Gasteiger partial charge in [-0.15, -0.1) is 11.3 Å². The van der Waals surface area contributed by atoms with Crippen LogP contribution >= 0.6 is 23.1 Å². The Bertz CT molecular complexity index is 665. The first-order valence-corrected chi connectivity index (χ1v) is 8.88. The second-order valence-electron chi connectivity index (χ2n) is 5.10. The van der Waals surface area contributed by atoms with Gasteiger partial charge in [-0.1, -0.05) is 6.07 Å². The van der Waals surface area contributed by atoms with Crippen molar-refractivity contribution in [2.45, 2.75) is 25.4 Å². The Kier molecular flexibility index (Phi) is 4.47. The zero-order valence-corrected chi connectivity index (χ0v) is 13.0. The average molecular weight is 325 g/mol. The third-order valence-corrected chi connectivity index (χ3v) is 5.98. The highest BCUT2D eigenvalue weighted by atomic mass is 32.2. The van der Waals surface area contributed by atoms with Gasteiger partial charge in [-0.2, -0.15) is 11.8 Å². The number of carboxylic acid groups (broad SMARTS) is 1. The van der Waals surface area contributed by atoms with Crippen LogP contribution < -0.4 is 5.32 Å². The minimum atomic E-state index is -0.980. The molecule has 1 aromatic heterocycles. The molecule has 2 aromatic rings. The van der Waals surface area contributed by atoms with Crippen molar-refractivity contribution in [2.75, 3.05) is 11.5 Å². The molecule has 2 N–H and O–H groups in total. The molecule has 0 atom stereocenters. The smallest absolute Gasteiger partial charge is 0.346 e. The number of hydrogen-bond donors (Lipinski definition) is 2. The van der Waals surface area contributed by atoms with Crippen LogP contribution in [0.2, 0.25) is 0 Å². The van der Waals surface area contributed by atoms with E-state index in [1.54, 1.807) is 12.1 Å². The Balaban J connectivity index is 1.91. The van der Waals surface area contributed by atoms with Crippen molar-refractivity contribution in [2.24, 2.45) is 0 Å². The standard InChI is InChI=1S/C15H16FNO2S2/c16-11-2-1-3-12-13(11)10(14(21-12)15(18)19)8-17-9-4-6-20-7-5-9/h1-3,9,17H,4-8H2,(H,18,19). The summed E-state index contributed by atoms with van der Waals surface area (Å²) < 4.78 is 14.8. The third kappa shape index (κ3) is 3.07. The molecule has 0 amide bonds. The predicted molar refractivity (Wildman–Crippen MR) is 85.9 cm³/mol. The topological polar surface area (TPSA) is 49.3 Å². The van der Waals surface area contributed by atoms with Gasteiger partial charge in [0.2, 0.25) is 0 Å². The summed E-state index contributed by atoms with van der Waals surface area (Å²) in [5, 5.41) is 13.2. The fraction of sp³-hybridized carbons (Fsp3) is 0.400. The summed E-state index contributed by atoms with van der Waals surface area (Å²) in [7, 11) is 0. The molecule has 0 spiro atoms. The first-order chi connectivity index (χ1) is 10.2. The van der Waals surface area contributed by atoms with E-state index in [4.69, 9.17) is 0 Å². The van der Waals surface area contributed by atoms with E-state index in [0.29, 0.717) is 28.2 Å². The minimum Gasteiger partial charge on any atom is -0.477 e. The van der Waals surface area contributed by atoms with Gasteiger partial charge < -0.3 is 10.4 Å². The van der Waals surface area contributed by atoms with Gasteiger partial charge in [0, 0.05) is 28.2 Å². The number of rotatable bonds is 4. The second kappa shape index (κ2) is 6.34. The van der Waals surface area contributed by atoms with Crippen molar-refractivity contribution in [3.8, 4) is 0 Å². The molecule has 1 aromatic carbocycles. The Hall–Kier alpha value is -1.11. The normalized spacial score (nSPS) is 16.4. The van der Waals surface area contributed by atoms with Crippen LogP contribution in [0.25, 0.3) is 10.1 Å². The first kappa shape index (κ1) is 14.8. The van der Waals surface area contributed by atoms with E-state index in [0.717, 1.165) is 35.7 Å². The number of thioether (sulfide) groups is 1. The lowest BCUT2D eigenvalue weighted by Gasteiger charge is -2.22. The van der Waals surface area contributed by atoms with Crippen molar-refractivity contribution >= 4 is 39.2 Å². The molecule has 1 aliphatic rings. The van der Waals surface area contributed by atoms with Gasteiger partial charge in [-0.3, -0.25) is 0 Å². The third-order valence-electron chi connectivity index (χ3n) is 3.75. The molecule has 6 heteroatoms. The van der Waals surface area contributed by atoms with Crippen molar-refractivity contribution in [3.63, 3.8) is 0 Å². The Morgan fingerprint density at radius 1 is 1.38 bits per heavy atom. The van der Waals surface area contributed by atoms with E-state index >= 15 is 0 Å². The SMILES string of the molecule is O=C(O)c1sc2cccc(F)c2c1CNC1CCSCC1. The van der Waals surface area contributed by atoms with Crippen LogP contribution in [0.4, 0.5) is 4.39 Å². The Morgan fingerprint density at radius 3 is 2.86 bits per heavy atom. The zero-order valence-electron chi connectivity index (χ0n) is 11.4. The van der Waals surface area contributed by atoms with Crippen molar-refractivity contribution in [1.82, 2.24) is 5.32 Å². The molecule has 0 unspecified atom stereocenters. The number of fused-ring (bicyclic) bond motifs is 1. The van der Waals surface area contributed by atoms with Gasteiger partial charge in [-0.05, 0) is 36.5 Å². The van der Waals surface area contributed by atoms with Crippen LogP contribution in [-0.4, -0.2) is 28.6 Å². The lowest BCUT2D eigenvalue weighted by atomic mass is 10.1. The van der Waals surface area contributed by atoms with Gasteiger partial charge in [0.1, 0.15) is 10.7 Å². The fourth-order valence-corrected chi connectivity index (χ4v) is 4.84. The summed E-state index contributed by atoms with van der Waals surface area (Å²) in [5.74, 6) is 0.934. The van der Waals surface area contributed by atoms with Gasteiger partial charge in [0.25, 0.3) is 0 Å². The van der Waals surface area contributed by atoms with Gasteiger partial charge >= 0.3 is 5.97 Å². The van der Waals surface area contributed by atoms with Gasteiger partial charge in [0.05, 0.1) is 0 Å². The molecule has 1 aliphatic heterocycles. The van der Waals surface area contributed by atoms with Crippen molar-refractivity contribution in [1.29, 1.82) is 0 Å². The van der Waals surface area contributed by atoms with Crippen LogP contribution in [0.1, 0.15) is 28.1 Å². The fourth-order valence-electron chi connectivity index (χ4n) is 2.66. The summed E-state index contributed by atoms with van der Waals surface area (Å²) >= 11 is 3.09. The molecular weight excluding hydrogens is 309 g/mol. The van der Waals surface area contributed by atoms with Crippen molar-refractivity contribution < 1.29 is 14.3 Å². The van der Waals surface area contributed by atoms with E-state index in [2.05, 4.69) is 5.32 Å². The van der Waals surface area contributed by atoms with Crippen LogP contribution in [-0.2, 0) is 6.54 Å². The molecule has 3 rings (SSSR count). The van der Waals surface area contributed by atoms with Gasteiger partial charge in [0.15, 0.2) is 0 Å². The second-order valence-corrected chi connectivity index (χ2v) is 7.37. The molecule has 0 bridgehead atoms. The Labute approximate surface area is 130 Å². The lowest BCUT2D eigenvalue weighted by Crippen LogP contribution is -2.32. The number of nitrogens with one attached hydrogen (secondary N) is 1. The van der Waals surface area contributed by atoms with E-state index in [1.807, 2.05) is 11.8 Å². The average Bonchev–Trinajstić information content (AvgIpc) is 2.86. The van der Waals surface area contributed by atoms with Crippen LogP contribution in [0, 0.1) is 5.82 Å². The molecule has 0 saturated carbocycles. The molecule has 2 heterocycles. The maximum Gasteiger partial charge on any atom is 0.346 e. The largest absolute Gasteiger partial charge is 0.477 e. The molecule has 1 fully saturated rings. The molecule has 3 nitrogen and oxygen atoms in total. The lowest BCUT2D eigenvalue weighted by molar-refractivity contribution is 0.0701. The number of aromatic carboxylic acids is 1. The van der Waals surface area contributed by atoms with Crippen molar-refractivity contribution in [3.05, 3.63) is 34.5 Å². The number of carbonyl (C=O) groups is 1. The van der Waals surface area contributed by atoms with E-state index in [1.165, 1.54) is 6.07 Å². The molecule has 0 radical (unpaired) electrons. The number of hydrogen-bond acceptors (Lipinski definition) is 4. The molecular formula is C15H16FNO2S2. The number of thiophene rings is 1. The number of benzene rings is 1. The Morgan fingerprint density at radius 2 is 2.14 bits per heavy atom. The van der Waals surface area contributed by atoms with Crippen LogP contribution in [0.15, 0.2) is 18.2 Å². The maximum absolute atomic E-state index is 14.1. The zero-order chi connectivity index (χ0) is 14.8. The number of carboxylic acids is 1. The summed E-state index contributed by atoms with van der Waals surface area (Å²) in [6.07, 6.45) is 2.16. The quantitative estimate of drug-likeness (QED) is 0.899. The summed E-state index contributed by atoms with van der Waals surface area (Å²) in [6.45, 7) is 0.415. The van der Waals surface area contributed by atoms with E-state index in [-0.39, 0.29) is 10.7 Å². The van der Waals surface area contributed by atoms with Gasteiger partial charge in [-0.25, -0.2) is 9.18 Å². The highest BCUT2D eigenvalue weighted by Crippen LogP contribution is 2.33. The minimum absolute atomic E-state index is 0.243. The monoisotopic (exact) mass is 325 g/mol. The molecule has 112 valence electrons. The molecule has 0 aliphatic carbocycles. The van der Waals surface area contributed by atoms with E-state index < -0.39 is 5.97 Å². The molecule has 1 saturated heterocycles. The van der Waals surface area contributed by atoms with Crippen LogP contribution in [0.3, 0.4) is 0 Å². The van der Waals surface area contributed by atoms with Crippen LogP contribution in [0.5, 0.6) is 0 Å². The molecule has 21 heavy (non-hydrogen) atoms. The maximum atomic E-state index is 14.1. The first-order valence-electron chi connectivity index (χ1n) is 6.91. The summed E-state index contributed by atoms with van der Waals surface area (Å²) in [6, 6.07) is 5.18. The van der Waals surface area contributed by atoms with E-state index in [9.17, 15) is 14.3 Å². The highest BCUT2D eigenvalue weighted by Gasteiger charge is 2.21. The number of halogens is 1.